The summed E-state index contributed by atoms with van der Waals surface area (Å²) in [5, 5.41) is 3.41. The lowest BCUT2D eigenvalue weighted by atomic mass is 10.1. The van der Waals surface area contributed by atoms with E-state index in [0.717, 1.165) is 25.1 Å². The highest BCUT2D eigenvalue weighted by Crippen LogP contribution is 2.16. The van der Waals surface area contributed by atoms with Gasteiger partial charge in [0.25, 0.3) is 5.91 Å². The Labute approximate surface area is 143 Å². The normalized spacial score (nSPS) is 10.3. The van der Waals surface area contributed by atoms with Gasteiger partial charge < -0.3 is 15.0 Å². The van der Waals surface area contributed by atoms with Crippen LogP contribution in [0, 0.1) is 13.8 Å². The molecule has 1 amide bonds. The summed E-state index contributed by atoms with van der Waals surface area (Å²) in [6.45, 7) is 5.69. The van der Waals surface area contributed by atoms with Crippen molar-refractivity contribution >= 4 is 23.2 Å². The SMILES string of the molecule is Cc1ccc(OCC(=O)NNC(=S)NCCCN(C)C)cc1C. The van der Waals surface area contributed by atoms with Crippen LogP contribution < -0.4 is 20.9 Å². The Morgan fingerprint density at radius 3 is 2.61 bits per heavy atom. The molecule has 23 heavy (non-hydrogen) atoms. The monoisotopic (exact) mass is 338 g/mol. The zero-order valence-electron chi connectivity index (χ0n) is 14.2. The summed E-state index contributed by atoms with van der Waals surface area (Å²) in [6.07, 6.45) is 0.971. The molecule has 7 heteroatoms. The molecule has 0 aliphatic carbocycles. The van der Waals surface area contributed by atoms with Gasteiger partial charge in [0.15, 0.2) is 11.7 Å². The average Bonchev–Trinajstić information content (AvgIpc) is 2.50. The summed E-state index contributed by atoms with van der Waals surface area (Å²) in [7, 11) is 4.04. The first-order valence-electron chi connectivity index (χ1n) is 7.56. The van der Waals surface area contributed by atoms with Gasteiger partial charge in [-0.25, -0.2) is 0 Å². The fourth-order valence-corrected chi connectivity index (χ4v) is 1.91. The minimum absolute atomic E-state index is 0.0707. The van der Waals surface area contributed by atoms with E-state index < -0.39 is 0 Å². The van der Waals surface area contributed by atoms with Crippen LogP contribution in [0.15, 0.2) is 18.2 Å². The Balaban J connectivity index is 2.18. The second-order valence-electron chi connectivity index (χ2n) is 5.62. The van der Waals surface area contributed by atoms with E-state index in [1.54, 1.807) is 0 Å². The second-order valence-corrected chi connectivity index (χ2v) is 6.03. The van der Waals surface area contributed by atoms with Crippen LogP contribution in [0.25, 0.3) is 0 Å². The van der Waals surface area contributed by atoms with E-state index in [-0.39, 0.29) is 12.5 Å². The van der Waals surface area contributed by atoms with Crippen molar-refractivity contribution in [3.8, 4) is 5.75 Å². The van der Waals surface area contributed by atoms with Crippen LogP contribution in [0.2, 0.25) is 0 Å². The molecule has 0 saturated heterocycles. The van der Waals surface area contributed by atoms with Gasteiger partial charge in [-0.1, -0.05) is 6.07 Å². The first kappa shape index (κ1) is 19.2. The number of nitrogens with zero attached hydrogens (tertiary/aromatic N) is 1. The minimum atomic E-state index is -0.291. The van der Waals surface area contributed by atoms with E-state index in [9.17, 15) is 4.79 Å². The first-order valence-corrected chi connectivity index (χ1v) is 7.97. The molecule has 0 saturated carbocycles. The van der Waals surface area contributed by atoms with E-state index in [1.807, 2.05) is 46.1 Å². The van der Waals surface area contributed by atoms with E-state index >= 15 is 0 Å². The minimum Gasteiger partial charge on any atom is -0.484 e. The predicted octanol–water partition coefficient (Wildman–Crippen LogP) is 1.13. The van der Waals surface area contributed by atoms with Crippen LogP contribution >= 0.6 is 12.2 Å². The fraction of sp³-hybridized carbons (Fsp3) is 0.500. The maximum absolute atomic E-state index is 11.7. The van der Waals surface area contributed by atoms with Crippen molar-refractivity contribution in [2.75, 3.05) is 33.8 Å². The predicted molar refractivity (Wildman–Crippen MR) is 96.5 cm³/mol. The van der Waals surface area contributed by atoms with Gasteiger partial charge in [-0.3, -0.25) is 15.6 Å². The molecule has 0 radical (unpaired) electrons. The van der Waals surface area contributed by atoms with Gasteiger partial charge in [0.1, 0.15) is 5.75 Å². The molecule has 6 nitrogen and oxygen atoms in total. The molecule has 0 fully saturated rings. The topological polar surface area (TPSA) is 65.6 Å². The lowest BCUT2D eigenvalue weighted by Crippen LogP contribution is -2.48. The number of benzene rings is 1. The molecule has 3 N–H and O–H groups in total. The average molecular weight is 338 g/mol. The van der Waals surface area contributed by atoms with Gasteiger partial charge >= 0.3 is 0 Å². The number of thiocarbonyl (C=S) groups is 1. The number of carbonyl (C=O) groups excluding carboxylic acids is 1. The molecule has 0 aliphatic heterocycles. The number of hydrazine groups is 1. The molecule has 0 aliphatic rings. The first-order chi connectivity index (χ1) is 10.9. The van der Waals surface area contributed by atoms with Gasteiger partial charge in [-0.15, -0.1) is 0 Å². The summed E-state index contributed by atoms with van der Waals surface area (Å²) >= 11 is 5.07. The van der Waals surface area contributed by atoms with E-state index in [0.29, 0.717) is 10.9 Å². The molecule has 1 rings (SSSR count). The van der Waals surface area contributed by atoms with Gasteiger partial charge in [0.05, 0.1) is 0 Å². The van der Waals surface area contributed by atoms with Crippen molar-refractivity contribution in [2.45, 2.75) is 20.3 Å². The Kier molecular flexibility index (Phi) is 8.36. The lowest BCUT2D eigenvalue weighted by Gasteiger charge is -2.13. The number of nitrogens with one attached hydrogen (secondary N) is 3. The number of ether oxygens (including phenoxy) is 1. The molecule has 0 atom stereocenters. The van der Waals surface area contributed by atoms with Crippen molar-refractivity contribution in [1.82, 2.24) is 21.1 Å². The maximum Gasteiger partial charge on any atom is 0.276 e. The third kappa shape index (κ3) is 8.37. The quantitative estimate of drug-likeness (QED) is 0.393. The molecule has 1 aromatic rings. The largest absolute Gasteiger partial charge is 0.484 e. The highest BCUT2D eigenvalue weighted by molar-refractivity contribution is 7.80. The Morgan fingerprint density at radius 1 is 1.22 bits per heavy atom. The summed E-state index contributed by atoms with van der Waals surface area (Å²) in [5.74, 6) is 0.383. The number of aryl methyl sites for hydroxylation is 2. The van der Waals surface area contributed by atoms with Crippen molar-refractivity contribution in [2.24, 2.45) is 0 Å². The van der Waals surface area contributed by atoms with Crippen molar-refractivity contribution in [3.05, 3.63) is 29.3 Å². The Morgan fingerprint density at radius 2 is 1.96 bits per heavy atom. The third-order valence-electron chi connectivity index (χ3n) is 3.23. The standard InChI is InChI=1S/C16H26N4O2S/c1-12-6-7-14(10-13(12)2)22-11-15(21)18-19-16(23)17-8-5-9-20(3)4/h6-7,10H,5,8-9,11H2,1-4H3,(H,18,21)(H2,17,19,23). The fourth-order valence-electron chi connectivity index (χ4n) is 1.76. The highest BCUT2D eigenvalue weighted by Gasteiger charge is 2.04. The molecular weight excluding hydrogens is 312 g/mol. The molecule has 0 aromatic heterocycles. The van der Waals surface area contributed by atoms with Gasteiger partial charge in [-0.2, -0.15) is 0 Å². The van der Waals surface area contributed by atoms with E-state index in [4.69, 9.17) is 17.0 Å². The summed E-state index contributed by atoms with van der Waals surface area (Å²) < 4.78 is 5.44. The summed E-state index contributed by atoms with van der Waals surface area (Å²) in [6, 6.07) is 5.72. The van der Waals surface area contributed by atoms with Gasteiger partial charge in [0.2, 0.25) is 0 Å². The zero-order chi connectivity index (χ0) is 17.2. The molecule has 0 spiro atoms. The number of hydrogen-bond donors (Lipinski definition) is 3. The van der Waals surface area contributed by atoms with E-state index in [1.165, 1.54) is 5.56 Å². The smallest absolute Gasteiger partial charge is 0.276 e. The summed E-state index contributed by atoms with van der Waals surface area (Å²) in [4.78, 5) is 13.8. The van der Waals surface area contributed by atoms with Crippen LogP contribution in [0.5, 0.6) is 5.75 Å². The molecule has 0 unspecified atom stereocenters. The van der Waals surface area contributed by atoms with Crippen LogP contribution in [-0.4, -0.2) is 49.7 Å². The van der Waals surface area contributed by atoms with Crippen molar-refractivity contribution < 1.29 is 9.53 Å². The van der Waals surface area contributed by atoms with Gasteiger partial charge in [-0.05, 0) is 76.4 Å². The molecule has 0 heterocycles. The second kappa shape index (κ2) is 10.0. The van der Waals surface area contributed by atoms with Crippen LogP contribution in [0.4, 0.5) is 0 Å². The number of rotatable bonds is 7. The van der Waals surface area contributed by atoms with Crippen molar-refractivity contribution in [3.63, 3.8) is 0 Å². The zero-order valence-corrected chi connectivity index (χ0v) is 15.0. The number of hydrogen-bond acceptors (Lipinski definition) is 4. The number of amides is 1. The molecular formula is C16H26N4O2S. The Bertz CT molecular complexity index is 535. The molecule has 128 valence electrons. The van der Waals surface area contributed by atoms with Crippen molar-refractivity contribution in [1.29, 1.82) is 0 Å². The number of carbonyl (C=O) groups is 1. The van der Waals surface area contributed by atoms with E-state index in [2.05, 4.69) is 21.1 Å². The highest BCUT2D eigenvalue weighted by atomic mass is 32.1. The van der Waals surface area contributed by atoms with Crippen LogP contribution in [0.3, 0.4) is 0 Å². The third-order valence-corrected chi connectivity index (χ3v) is 3.48. The van der Waals surface area contributed by atoms with Crippen LogP contribution in [-0.2, 0) is 4.79 Å². The summed E-state index contributed by atoms with van der Waals surface area (Å²) in [5.41, 5.74) is 7.47. The maximum atomic E-state index is 11.7. The molecule has 0 bridgehead atoms. The van der Waals surface area contributed by atoms with Gasteiger partial charge in [0, 0.05) is 6.54 Å². The Hall–Kier alpha value is -1.86. The van der Waals surface area contributed by atoms with Crippen LogP contribution in [0.1, 0.15) is 17.5 Å². The lowest BCUT2D eigenvalue weighted by molar-refractivity contribution is -0.123. The molecule has 1 aromatic carbocycles.